The lowest BCUT2D eigenvalue weighted by molar-refractivity contribution is 0.128. The smallest absolute Gasteiger partial charge is 0.412 e. The largest absolute Gasteiger partial charge is 0.447 e. The van der Waals surface area contributed by atoms with Gasteiger partial charge in [0.2, 0.25) is 0 Å². The zero-order chi connectivity index (χ0) is 27.6. The van der Waals surface area contributed by atoms with Crippen molar-refractivity contribution in [1.82, 2.24) is 9.99 Å². The highest BCUT2D eigenvalue weighted by atomic mass is 32.2. The summed E-state index contributed by atoms with van der Waals surface area (Å²) in [6, 6.07) is 14.1. The minimum absolute atomic E-state index is 0.00966. The minimum atomic E-state index is -0.611. The molecule has 0 unspecified atom stereocenters. The Bertz CT molecular complexity index is 1040. The van der Waals surface area contributed by atoms with Crippen LogP contribution in [0.25, 0.3) is 0 Å². The van der Waals surface area contributed by atoms with Crippen LogP contribution in [0.5, 0.6) is 0 Å². The molecule has 0 bridgehead atoms. The highest BCUT2D eigenvalue weighted by molar-refractivity contribution is 8.17. The van der Waals surface area contributed by atoms with Gasteiger partial charge in [0.1, 0.15) is 12.4 Å². The van der Waals surface area contributed by atoms with E-state index in [0.717, 1.165) is 16.5 Å². The number of aromatic nitrogens is 1. The summed E-state index contributed by atoms with van der Waals surface area (Å²) in [6.07, 6.45) is -0.611. The van der Waals surface area contributed by atoms with Gasteiger partial charge < -0.3 is 19.0 Å². The zero-order valence-electron chi connectivity index (χ0n) is 21.6. The Balaban J connectivity index is 1.95. The topological polar surface area (TPSA) is 155 Å². The maximum absolute atomic E-state index is 12.4. The molecule has 0 fully saturated rings. The number of nitrogens with zero attached hydrogens (tertiary/aromatic N) is 4. The van der Waals surface area contributed by atoms with Gasteiger partial charge in [0, 0.05) is 38.3 Å². The van der Waals surface area contributed by atoms with E-state index in [1.165, 1.54) is 7.05 Å². The molecule has 3 N–H and O–H groups in total. The molecule has 0 saturated carbocycles. The summed E-state index contributed by atoms with van der Waals surface area (Å²) in [5.41, 5.74) is 8.52. The lowest BCUT2D eigenvalue weighted by atomic mass is 10.1. The van der Waals surface area contributed by atoms with Crippen molar-refractivity contribution in [2.45, 2.75) is 11.2 Å². The van der Waals surface area contributed by atoms with E-state index in [2.05, 4.69) is 20.7 Å². The number of hydrogen-bond acceptors (Lipinski definition) is 12. The standard InChI is InChI=1S/C24H33N7O5S2/c1-31(30-26)23(25)22(18-8-5-4-6-9-18)29-36-16-19-10-7-11-20(27-19)28-24(32)35-17-21(37-14-12-33-2)38-15-13-34-3/h4-11,21,25-26H,12-17H2,1-3H3,(H,27,28,32)/b25-23?,29-22-,30-26?. The summed E-state index contributed by atoms with van der Waals surface area (Å²) in [4.78, 5) is 22.2. The van der Waals surface area contributed by atoms with Crippen molar-refractivity contribution in [3.05, 3.63) is 59.8 Å². The first-order valence-electron chi connectivity index (χ1n) is 11.5. The molecule has 0 spiro atoms. The second kappa shape index (κ2) is 18.1. The van der Waals surface area contributed by atoms with Gasteiger partial charge in [-0.3, -0.25) is 10.7 Å². The monoisotopic (exact) mass is 563 g/mol. The first kappa shape index (κ1) is 31.0. The van der Waals surface area contributed by atoms with Crippen LogP contribution in [0.2, 0.25) is 0 Å². The molecule has 206 valence electrons. The van der Waals surface area contributed by atoms with Crippen LogP contribution in [-0.2, 0) is 25.7 Å². The number of anilines is 1. The van der Waals surface area contributed by atoms with E-state index >= 15 is 0 Å². The molecule has 2 aromatic rings. The number of pyridine rings is 1. The lowest BCUT2D eigenvalue weighted by Gasteiger charge is -2.16. The van der Waals surface area contributed by atoms with Crippen molar-refractivity contribution < 1.29 is 23.8 Å². The Hall–Kier alpha value is -3.20. The van der Waals surface area contributed by atoms with E-state index in [9.17, 15) is 4.79 Å². The predicted molar refractivity (Wildman–Crippen MR) is 150 cm³/mol. The lowest BCUT2D eigenvalue weighted by Crippen LogP contribution is -2.29. The Labute approximate surface area is 230 Å². The first-order valence-corrected chi connectivity index (χ1v) is 13.6. The van der Waals surface area contributed by atoms with Gasteiger partial charge in [0.05, 0.1) is 23.5 Å². The van der Waals surface area contributed by atoms with Crippen LogP contribution in [-0.4, -0.2) is 84.8 Å². The number of methoxy groups -OCH3 is 2. The van der Waals surface area contributed by atoms with Crippen molar-refractivity contribution in [2.24, 2.45) is 10.4 Å². The van der Waals surface area contributed by atoms with E-state index in [1.807, 2.05) is 18.2 Å². The van der Waals surface area contributed by atoms with Gasteiger partial charge in [-0.2, -0.15) is 5.53 Å². The van der Waals surface area contributed by atoms with Crippen molar-refractivity contribution >= 4 is 47.0 Å². The van der Waals surface area contributed by atoms with Gasteiger partial charge in [0.25, 0.3) is 0 Å². The first-order chi connectivity index (χ1) is 18.5. The third kappa shape index (κ3) is 11.5. The number of nitrogens with one attached hydrogen (secondary N) is 3. The maximum Gasteiger partial charge on any atom is 0.412 e. The summed E-state index contributed by atoms with van der Waals surface area (Å²) < 4.78 is 15.7. The number of ether oxygens (including phenoxy) is 3. The van der Waals surface area contributed by atoms with Gasteiger partial charge in [-0.15, -0.1) is 23.5 Å². The molecule has 0 aliphatic heterocycles. The summed E-state index contributed by atoms with van der Waals surface area (Å²) in [7, 11) is 4.78. The second-order valence-electron chi connectivity index (χ2n) is 7.45. The van der Waals surface area contributed by atoms with Crippen molar-refractivity contribution in [1.29, 1.82) is 10.9 Å². The molecule has 1 aromatic carbocycles. The molecule has 0 atom stereocenters. The number of oxime groups is 1. The number of thioether (sulfide) groups is 2. The minimum Gasteiger partial charge on any atom is -0.447 e. The Morgan fingerprint density at radius 2 is 1.76 bits per heavy atom. The molecule has 0 saturated heterocycles. The number of carbonyl (C=O) groups excluding carboxylic acids is 1. The summed E-state index contributed by atoms with van der Waals surface area (Å²) in [5.74, 6) is 1.78. The molecule has 0 radical (unpaired) electrons. The van der Waals surface area contributed by atoms with E-state index < -0.39 is 6.09 Å². The molecule has 1 aromatic heterocycles. The highest BCUT2D eigenvalue weighted by Gasteiger charge is 2.16. The van der Waals surface area contributed by atoms with Crippen LogP contribution >= 0.6 is 23.5 Å². The van der Waals surface area contributed by atoms with Gasteiger partial charge >= 0.3 is 6.09 Å². The molecular weight excluding hydrogens is 530 g/mol. The van der Waals surface area contributed by atoms with Crippen molar-refractivity contribution in [3.63, 3.8) is 0 Å². The highest BCUT2D eigenvalue weighted by Crippen LogP contribution is 2.24. The summed E-state index contributed by atoms with van der Waals surface area (Å²) in [6.45, 7) is 1.44. The van der Waals surface area contributed by atoms with Gasteiger partial charge in [-0.25, -0.2) is 14.8 Å². The van der Waals surface area contributed by atoms with Crippen LogP contribution in [0.1, 0.15) is 11.3 Å². The number of carbonyl (C=O) groups is 1. The van der Waals surface area contributed by atoms with Crippen LogP contribution in [0, 0.1) is 10.9 Å². The summed E-state index contributed by atoms with van der Waals surface area (Å²) in [5, 5.41) is 19.3. The van der Waals surface area contributed by atoms with E-state index in [4.69, 9.17) is 30.0 Å². The number of amides is 1. The number of amidine groups is 1. The number of rotatable bonds is 17. The van der Waals surface area contributed by atoms with Crippen LogP contribution < -0.4 is 5.32 Å². The molecular formula is C24H33N7O5S2. The second-order valence-corrected chi connectivity index (χ2v) is 10.4. The number of likely N-dealkylation sites (N-methyl/N-ethyl adjacent to an activating group) is 1. The molecule has 14 heteroatoms. The Morgan fingerprint density at radius 3 is 2.39 bits per heavy atom. The van der Waals surface area contributed by atoms with Crippen molar-refractivity contribution in [3.8, 4) is 0 Å². The third-order valence-electron chi connectivity index (χ3n) is 4.68. The van der Waals surface area contributed by atoms with Gasteiger partial charge in [-0.1, -0.05) is 46.8 Å². The maximum atomic E-state index is 12.4. The molecule has 0 aliphatic carbocycles. The zero-order valence-corrected chi connectivity index (χ0v) is 23.2. The number of benzene rings is 1. The normalized spacial score (nSPS) is 11.2. The average Bonchev–Trinajstić information content (AvgIpc) is 2.94. The van der Waals surface area contributed by atoms with Gasteiger partial charge in [0.15, 0.2) is 18.2 Å². The molecule has 1 amide bonds. The molecule has 12 nitrogen and oxygen atoms in total. The Kier molecular flexibility index (Phi) is 14.8. The molecule has 1 heterocycles. The fourth-order valence-electron chi connectivity index (χ4n) is 2.78. The third-order valence-corrected chi connectivity index (χ3v) is 7.32. The average molecular weight is 564 g/mol. The number of hydrogen-bond donors (Lipinski definition) is 3. The summed E-state index contributed by atoms with van der Waals surface area (Å²) >= 11 is 3.32. The quantitative estimate of drug-likeness (QED) is 0.0630. The molecule has 2 rings (SSSR count). The van der Waals surface area contributed by atoms with E-state index in [0.29, 0.717) is 30.3 Å². The van der Waals surface area contributed by atoms with Crippen molar-refractivity contribution in [2.75, 3.05) is 57.9 Å². The van der Waals surface area contributed by atoms with Crippen LogP contribution in [0.4, 0.5) is 10.6 Å². The molecule has 0 aliphatic rings. The van der Waals surface area contributed by atoms with E-state index in [-0.39, 0.29) is 29.3 Å². The predicted octanol–water partition coefficient (Wildman–Crippen LogP) is 4.49. The van der Waals surface area contributed by atoms with Crippen LogP contribution in [0.3, 0.4) is 0 Å². The van der Waals surface area contributed by atoms with Gasteiger partial charge in [-0.05, 0) is 12.1 Å². The Morgan fingerprint density at radius 1 is 1.08 bits per heavy atom. The van der Waals surface area contributed by atoms with Crippen LogP contribution in [0.15, 0.2) is 58.9 Å². The SMILES string of the molecule is COCCSC(COC(=O)Nc1cccc(CO/N=C(\C(=N)N(C)N=N)c2ccccc2)n1)SCCOC. The fraction of sp³-hybridized carbons (Fsp3) is 0.417. The van der Waals surface area contributed by atoms with E-state index in [1.54, 1.807) is 68.1 Å². The fourth-order valence-corrected chi connectivity index (χ4v) is 5.12. The molecule has 38 heavy (non-hydrogen) atoms.